The standard InChI is InChI=1S/C16H12N2O3/c19-15-8-6-11-3-1-2-4-14(11)18(15)10-13-7-5-12(9-17-13)16(20)21/h1-9H,10H2,(H,20,21). The van der Waals surface area contributed by atoms with Gasteiger partial charge in [-0.15, -0.1) is 0 Å². The number of rotatable bonds is 3. The van der Waals surface area contributed by atoms with Gasteiger partial charge in [0.15, 0.2) is 0 Å². The molecule has 104 valence electrons. The fourth-order valence-electron chi connectivity index (χ4n) is 2.21. The zero-order chi connectivity index (χ0) is 14.8. The number of carboxylic acids is 1. The summed E-state index contributed by atoms with van der Waals surface area (Å²) in [7, 11) is 0. The van der Waals surface area contributed by atoms with Gasteiger partial charge in [-0.2, -0.15) is 0 Å². The third kappa shape index (κ3) is 2.53. The molecular formula is C16H12N2O3. The van der Waals surface area contributed by atoms with Crippen LogP contribution >= 0.6 is 0 Å². The van der Waals surface area contributed by atoms with Crippen molar-refractivity contribution in [2.45, 2.75) is 6.54 Å². The molecule has 5 heteroatoms. The van der Waals surface area contributed by atoms with Crippen LogP contribution in [0.3, 0.4) is 0 Å². The first kappa shape index (κ1) is 13.1. The van der Waals surface area contributed by atoms with Crippen LogP contribution in [0.2, 0.25) is 0 Å². The average molecular weight is 280 g/mol. The highest BCUT2D eigenvalue weighted by molar-refractivity contribution is 5.87. The summed E-state index contributed by atoms with van der Waals surface area (Å²) in [5, 5.41) is 9.83. The molecule has 0 aliphatic rings. The molecule has 0 aliphatic heterocycles. The number of nitrogens with zero attached hydrogens (tertiary/aromatic N) is 2. The number of aromatic nitrogens is 2. The topological polar surface area (TPSA) is 72.2 Å². The van der Waals surface area contributed by atoms with Gasteiger partial charge in [0.25, 0.3) is 5.56 Å². The smallest absolute Gasteiger partial charge is 0.337 e. The van der Waals surface area contributed by atoms with E-state index in [0.29, 0.717) is 12.2 Å². The second-order valence-corrected chi connectivity index (χ2v) is 4.66. The minimum absolute atomic E-state index is 0.113. The van der Waals surface area contributed by atoms with E-state index in [-0.39, 0.29) is 11.1 Å². The maximum Gasteiger partial charge on any atom is 0.337 e. The molecule has 2 heterocycles. The van der Waals surface area contributed by atoms with Crippen LogP contribution in [0.1, 0.15) is 16.1 Å². The van der Waals surface area contributed by atoms with Crippen molar-refractivity contribution in [2.75, 3.05) is 0 Å². The van der Waals surface area contributed by atoms with E-state index >= 15 is 0 Å². The first-order valence-electron chi connectivity index (χ1n) is 6.42. The summed E-state index contributed by atoms with van der Waals surface area (Å²) in [6.45, 7) is 0.306. The van der Waals surface area contributed by atoms with E-state index in [1.54, 1.807) is 16.7 Å². The third-order valence-corrected chi connectivity index (χ3v) is 3.29. The van der Waals surface area contributed by atoms with Gasteiger partial charge in [-0.05, 0) is 29.7 Å². The van der Waals surface area contributed by atoms with Gasteiger partial charge in [0.05, 0.1) is 23.3 Å². The molecule has 2 aromatic heterocycles. The van der Waals surface area contributed by atoms with E-state index < -0.39 is 5.97 Å². The maximum absolute atomic E-state index is 12.1. The van der Waals surface area contributed by atoms with Crippen molar-refractivity contribution >= 4 is 16.9 Å². The van der Waals surface area contributed by atoms with Crippen LogP contribution in [0.15, 0.2) is 59.5 Å². The number of pyridine rings is 2. The molecule has 1 N–H and O–H groups in total. The van der Waals surface area contributed by atoms with Crippen molar-refractivity contribution in [1.82, 2.24) is 9.55 Å². The number of para-hydroxylation sites is 1. The summed E-state index contributed by atoms with van der Waals surface area (Å²) in [4.78, 5) is 27.0. The summed E-state index contributed by atoms with van der Waals surface area (Å²) in [5.74, 6) is -1.02. The molecular weight excluding hydrogens is 268 g/mol. The van der Waals surface area contributed by atoms with E-state index in [1.807, 2.05) is 24.3 Å². The summed E-state index contributed by atoms with van der Waals surface area (Å²) in [6, 6.07) is 14.0. The summed E-state index contributed by atoms with van der Waals surface area (Å²) >= 11 is 0. The average Bonchev–Trinajstić information content (AvgIpc) is 2.51. The summed E-state index contributed by atoms with van der Waals surface area (Å²) in [5.41, 5.74) is 1.48. The molecule has 1 aromatic carbocycles. The lowest BCUT2D eigenvalue weighted by molar-refractivity contribution is 0.0696. The summed E-state index contributed by atoms with van der Waals surface area (Å²) in [6.07, 6.45) is 1.30. The van der Waals surface area contributed by atoms with E-state index in [4.69, 9.17) is 5.11 Å². The molecule has 0 atom stereocenters. The van der Waals surface area contributed by atoms with Gasteiger partial charge in [-0.1, -0.05) is 18.2 Å². The molecule has 3 aromatic rings. The number of hydrogen-bond acceptors (Lipinski definition) is 3. The normalized spacial score (nSPS) is 10.7. The van der Waals surface area contributed by atoms with E-state index in [9.17, 15) is 9.59 Å². The van der Waals surface area contributed by atoms with Gasteiger partial charge in [0.2, 0.25) is 0 Å². The molecule has 0 saturated heterocycles. The fourth-order valence-corrected chi connectivity index (χ4v) is 2.21. The molecule has 0 unspecified atom stereocenters. The molecule has 0 bridgehead atoms. The minimum Gasteiger partial charge on any atom is -0.478 e. The van der Waals surface area contributed by atoms with Crippen LogP contribution in [-0.2, 0) is 6.54 Å². The van der Waals surface area contributed by atoms with Gasteiger partial charge in [-0.3, -0.25) is 9.78 Å². The Morgan fingerprint density at radius 1 is 1.10 bits per heavy atom. The Bertz CT molecular complexity index is 867. The second kappa shape index (κ2) is 5.20. The monoisotopic (exact) mass is 280 g/mol. The SMILES string of the molecule is O=C(O)c1ccc(Cn2c(=O)ccc3ccccc32)nc1. The quantitative estimate of drug-likeness (QED) is 0.797. The van der Waals surface area contributed by atoms with Gasteiger partial charge in [0.1, 0.15) is 0 Å². The Kier molecular flexibility index (Phi) is 3.23. The Balaban J connectivity index is 2.03. The number of aromatic carboxylic acids is 1. The van der Waals surface area contributed by atoms with E-state index in [1.165, 1.54) is 18.3 Å². The molecule has 0 saturated carbocycles. The van der Waals surface area contributed by atoms with Crippen molar-refractivity contribution in [3.8, 4) is 0 Å². The highest BCUT2D eigenvalue weighted by Gasteiger charge is 2.06. The molecule has 0 spiro atoms. The Labute approximate surface area is 120 Å². The number of benzene rings is 1. The Morgan fingerprint density at radius 3 is 2.62 bits per heavy atom. The Morgan fingerprint density at radius 2 is 1.90 bits per heavy atom. The number of carboxylic acid groups (broad SMARTS) is 1. The summed E-state index contributed by atoms with van der Waals surface area (Å²) < 4.78 is 1.62. The minimum atomic E-state index is -1.02. The van der Waals surface area contributed by atoms with Crippen molar-refractivity contribution in [2.24, 2.45) is 0 Å². The lowest BCUT2D eigenvalue weighted by Gasteiger charge is -2.09. The van der Waals surface area contributed by atoms with Gasteiger partial charge >= 0.3 is 5.97 Å². The van der Waals surface area contributed by atoms with E-state index in [0.717, 1.165) is 10.9 Å². The number of carbonyl (C=O) groups is 1. The molecule has 0 amide bonds. The number of hydrogen-bond donors (Lipinski definition) is 1. The first-order chi connectivity index (χ1) is 10.1. The maximum atomic E-state index is 12.1. The van der Waals surface area contributed by atoms with Crippen LogP contribution in [0.4, 0.5) is 0 Å². The molecule has 0 fully saturated rings. The highest BCUT2D eigenvalue weighted by atomic mass is 16.4. The van der Waals surface area contributed by atoms with Crippen molar-refractivity contribution in [1.29, 1.82) is 0 Å². The van der Waals surface area contributed by atoms with Gasteiger partial charge < -0.3 is 9.67 Å². The predicted molar refractivity (Wildman–Crippen MR) is 78.5 cm³/mol. The van der Waals surface area contributed by atoms with Crippen LogP contribution in [0.5, 0.6) is 0 Å². The predicted octanol–water partition coefficient (Wildman–Crippen LogP) is 2.14. The highest BCUT2D eigenvalue weighted by Crippen LogP contribution is 2.12. The van der Waals surface area contributed by atoms with Crippen molar-refractivity contribution in [3.05, 3.63) is 76.3 Å². The van der Waals surface area contributed by atoms with Crippen molar-refractivity contribution < 1.29 is 9.90 Å². The van der Waals surface area contributed by atoms with Gasteiger partial charge in [-0.25, -0.2) is 4.79 Å². The van der Waals surface area contributed by atoms with Crippen LogP contribution < -0.4 is 5.56 Å². The van der Waals surface area contributed by atoms with E-state index in [2.05, 4.69) is 4.98 Å². The first-order valence-corrected chi connectivity index (χ1v) is 6.42. The van der Waals surface area contributed by atoms with Gasteiger partial charge in [0, 0.05) is 12.3 Å². The largest absolute Gasteiger partial charge is 0.478 e. The fraction of sp³-hybridized carbons (Fsp3) is 0.0625. The second-order valence-electron chi connectivity index (χ2n) is 4.66. The third-order valence-electron chi connectivity index (χ3n) is 3.29. The lowest BCUT2D eigenvalue weighted by Crippen LogP contribution is -2.20. The van der Waals surface area contributed by atoms with Crippen LogP contribution in [-0.4, -0.2) is 20.6 Å². The number of fused-ring (bicyclic) bond motifs is 1. The molecule has 0 aliphatic carbocycles. The van der Waals surface area contributed by atoms with Crippen LogP contribution in [0, 0.1) is 0 Å². The van der Waals surface area contributed by atoms with Crippen molar-refractivity contribution in [3.63, 3.8) is 0 Å². The molecule has 5 nitrogen and oxygen atoms in total. The zero-order valence-electron chi connectivity index (χ0n) is 11.1. The molecule has 21 heavy (non-hydrogen) atoms. The lowest BCUT2D eigenvalue weighted by atomic mass is 10.2. The zero-order valence-corrected chi connectivity index (χ0v) is 11.1. The van der Waals surface area contributed by atoms with Crippen LogP contribution in [0.25, 0.3) is 10.9 Å². The molecule has 0 radical (unpaired) electrons. The molecule has 3 rings (SSSR count). The Hall–Kier alpha value is -2.95.